The molecular weight excluding hydrogens is 819 g/mol. The van der Waals surface area contributed by atoms with Crippen LogP contribution in [0.5, 0.6) is 0 Å². The fraction of sp³-hybridized carbons (Fsp3) is 0.176. The third-order valence-corrected chi connectivity index (χ3v) is 10.9. The van der Waals surface area contributed by atoms with E-state index in [0.717, 1.165) is 10.6 Å². The first-order valence-electron chi connectivity index (χ1n) is 15.0. The minimum atomic E-state index is -2.02. The van der Waals surface area contributed by atoms with Crippen molar-refractivity contribution in [1.82, 2.24) is 19.5 Å². The third-order valence-electron chi connectivity index (χ3n) is 7.41. The van der Waals surface area contributed by atoms with Crippen LogP contribution in [0.3, 0.4) is 0 Å². The van der Waals surface area contributed by atoms with E-state index in [1.165, 1.54) is 41.3 Å². The predicted octanol–water partition coefficient (Wildman–Crippen LogP) is 7.63. The van der Waals surface area contributed by atoms with Crippen LogP contribution in [-0.2, 0) is 18.9 Å². The maximum Gasteiger partial charge on any atom is 0.338 e. The molecule has 0 fully saturated rings. The number of hydrogen-bond acceptors (Lipinski definition) is 10. The zero-order valence-electron chi connectivity index (χ0n) is 26.2. The number of rotatable bonds is 8. The van der Waals surface area contributed by atoms with Crippen molar-refractivity contribution in [3.63, 3.8) is 0 Å². The Kier molecular flexibility index (Phi) is 11.4. The van der Waals surface area contributed by atoms with E-state index < -0.39 is 13.6 Å². The number of carbonyl (C=O) groups excluding carboxylic acids is 2. The molecule has 6 rings (SSSR count). The van der Waals surface area contributed by atoms with Crippen LogP contribution in [-0.4, -0.2) is 44.4 Å². The highest BCUT2D eigenvalue weighted by atomic mass is 35.6. The van der Waals surface area contributed by atoms with Gasteiger partial charge in [-0.1, -0.05) is 136 Å². The van der Waals surface area contributed by atoms with Crippen LogP contribution in [0.15, 0.2) is 88.6 Å². The summed E-state index contributed by atoms with van der Waals surface area (Å²) >= 11 is 38.6. The molecule has 9 nitrogen and oxygen atoms in total. The number of thiazole rings is 1. The van der Waals surface area contributed by atoms with Crippen molar-refractivity contribution >= 4 is 121 Å². The molecule has 0 radical (unpaired) electrons. The van der Waals surface area contributed by atoms with E-state index in [-0.39, 0.29) is 47.5 Å². The number of ether oxygens (including phenoxy) is 1. The maximum atomic E-state index is 13.7. The zero-order valence-corrected chi connectivity index (χ0v) is 32.3. The first-order valence-corrected chi connectivity index (χ1v) is 18.9. The zero-order chi connectivity index (χ0) is 36.5. The van der Waals surface area contributed by atoms with Crippen LogP contribution in [0.1, 0.15) is 39.3 Å². The Labute approximate surface area is 329 Å². The summed E-state index contributed by atoms with van der Waals surface area (Å²) in [7, 11) is 0. The van der Waals surface area contributed by atoms with Gasteiger partial charge in [-0.2, -0.15) is 0 Å². The molecule has 1 aliphatic heterocycles. The molecule has 0 bridgehead atoms. The summed E-state index contributed by atoms with van der Waals surface area (Å²) < 4.78 is 4.26. The van der Waals surface area contributed by atoms with E-state index in [1.807, 2.05) is 42.2 Å². The van der Waals surface area contributed by atoms with Gasteiger partial charge in [0.05, 0.1) is 17.8 Å². The van der Waals surface area contributed by atoms with Gasteiger partial charge in [0.25, 0.3) is 5.56 Å². The van der Waals surface area contributed by atoms with Crippen LogP contribution in [0.2, 0.25) is 0 Å². The molecule has 3 aromatic carbocycles. The van der Waals surface area contributed by atoms with Crippen LogP contribution in [0, 0.1) is 0 Å². The number of nitrogens with zero attached hydrogens (tertiary/aromatic N) is 5. The van der Waals surface area contributed by atoms with Gasteiger partial charge in [-0.3, -0.25) is 14.2 Å². The van der Waals surface area contributed by atoms with Gasteiger partial charge in [-0.25, -0.2) is 19.7 Å². The molecule has 0 N–H and O–H groups in total. The van der Waals surface area contributed by atoms with Crippen molar-refractivity contribution in [2.75, 3.05) is 18.1 Å². The second-order valence-electron chi connectivity index (χ2n) is 10.7. The van der Waals surface area contributed by atoms with E-state index in [4.69, 9.17) is 74.3 Å². The van der Waals surface area contributed by atoms with Gasteiger partial charge >= 0.3 is 5.97 Å². The van der Waals surface area contributed by atoms with Gasteiger partial charge in [0.15, 0.2) is 23.3 Å². The minimum absolute atomic E-state index is 0.00445. The van der Waals surface area contributed by atoms with E-state index >= 15 is 0 Å². The van der Waals surface area contributed by atoms with E-state index in [2.05, 4.69) is 15.0 Å². The molecule has 262 valence electrons. The van der Waals surface area contributed by atoms with Gasteiger partial charge in [-0.05, 0) is 31.2 Å². The molecule has 0 saturated carbocycles. The number of aromatic nitrogens is 4. The Balaban J connectivity index is 1.24. The SMILES string of the molecule is CCn1c(=O)/c(=C2\Sc3ccccc3N2CCOC(=O)c2ccc(-c3nc(C(Cl)(Cl)Cl)nc(C(Cl)(Cl)Cl)n3)cc2)s/c1=C/C(=O)c1ccccc1. The Morgan fingerprint density at radius 2 is 1.45 bits per heavy atom. The average molecular weight is 842 g/mol. The highest BCUT2D eigenvalue weighted by Crippen LogP contribution is 2.46. The minimum Gasteiger partial charge on any atom is -0.460 e. The largest absolute Gasteiger partial charge is 0.460 e. The molecule has 3 heterocycles. The van der Waals surface area contributed by atoms with Gasteiger partial charge in [0.2, 0.25) is 7.59 Å². The number of halogens is 6. The highest BCUT2D eigenvalue weighted by Gasteiger charge is 2.34. The number of carbonyl (C=O) groups is 2. The molecular formula is C34H23Cl6N5O4S2. The molecule has 5 aromatic rings. The fourth-order valence-electron chi connectivity index (χ4n) is 5.02. The van der Waals surface area contributed by atoms with Crippen LogP contribution >= 0.6 is 92.7 Å². The lowest BCUT2D eigenvalue weighted by molar-refractivity contribution is 0.0517. The lowest BCUT2D eigenvalue weighted by atomic mass is 10.1. The monoisotopic (exact) mass is 839 g/mol. The Hall–Kier alpha value is -3.13. The summed E-state index contributed by atoms with van der Waals surface area (Å²) in [5.74, 6) is -1.20. The molecule has 1 aliphatic rings. The topological polar surface area (TPSA) is 107 Å². The summed E-state index contributed by atoms with van der Waals surface area (Å²) in [4.78, 5) is 55.1. The van der Waals surface area contributed by atoms with Gasteiger partial charge in [0, 0.05) is 28.6 Å². The summed E-state index contributed by atoms with van der Waals surface area (Å²) in [5, 5.41) is 0.696. The molecule has 2 aromatic heterocycles. The van der Waals surface area contributed by atoms with Gasteiger partial charge in [-0.15, -0.1) is 11.3 Å². The normalized spacial score (nSPS) is 14.5. The van der Waals surface area contributed by atoms with Crippen molar-refractivity contribution in [2.24, 2.45) is 0 Å². The number of benzene rings is 3. The second-order valence-corrected chi connectivity index (χ2v) is 17.4. The van der Waals surface area contributed by atoms with Gasteiger partial charge in [0.1, 0.15) is 20.8 Å². The number of ketones is 1. The average Bonchev–Trinajstić information content (AvgIpc) is 3.63. The van der Waals surface area contributed by atoms with Crippen LogP contribution in [0.4, 0.5) is 5.69 Å². The van der Waals surface area contributed by atoms with Gasteiger partial charge < -0.3 is 9.64 Å². The Morgan fingerprint density at radius 1 is 0.824 bits per heavy atom. The molecule has 0 aliphatic carbocycles. The number of esters is 1. The van der Waals surface area contributed by atoms with E-state index in [9.17, 15) is 14.4 Å². The molecule has 0 saturated heterocycles. The quantitative estimate of drug-likeness (QED) is 0.0886. The smallest absolute Gasteiger partial charge is 0.338 e. The van der Waals surface area contributed by atoms with Crippen molar-refractivity contribution in [3.05, 3.63) is 121 Å². The number of fused-ring (bicyclic) bond motifs is 1. The third kappa shape index (κ3) is 8.42. The fourth-order valence-corrected chi connectivity index (χ4v) is 7.99. The maximum absolute atomic E-state index is 13.7. The highest BCUT2D eigenvalue weighted by molar-refractivity contribution is 8.08. The van der Waals surface area contributed by atoms with Crippen LogP contribution in [0.25, 0.3) is 22.5 Å². The predicted molar refractivity (Wildman–Crippen MR) is 206 cm³/mol. The molecule has 51 heavy (non-hydrogen) atoms. The summed E-state index contributed by atoms with van der Waals surface area (Å²) in [6, 6.07) is 22.8. The second kappa shape index (κ2) is 15.5. The number of Topliss-reactive ketones (excluding diaryl/α,β-unsaturated/α-hetero) is 1. The van der Waals surface area contributed by atoms with Crippen molar-refractivity contribution in [2.45, 2.75) is 25.9 Å². The number of thioether (sulfide) groups is 1. The summed E-state index contributed by atoms with van der Waals surface area (Å²) in [6.07, 6.45) is 1.50. The van der Waals surface area contributed by atoms with Crippen molar-refractivity contribution in [3.8, 4) is 11.4 Å². The first kappa shape index (κ1) is 37.6. The van der Waals surface area contributed by atoms with Crippen LogP contribution < -0.4 is 19.7 Å². The van der Waals surface area contributed by atoms with E-state index in [1.54, 1.807) is 41.0 Å². The molecule has 0 spiro atoms. The Morgan fingerprint density at radius 3 is 2.08 bits per heavy atom. The van der Waals surface area contributed by atoms with Crippen molar-refractivity contribution in [1.29, 1.82) is 0 Å². The molecule has 0 amide bonds. The number of hydrogen-bond donors (Lipinski definition) is 0. The Bertz CT molecular complexity index is 2280. The number of alkyl halides is 6. The molecule has 0 atom stereocenters. The van der Waals surface area contributed by atoms with Crippen molar-refractivity contribution < 1.29 is 14.3 Å². The lowest BCUT2D eigenvalue weighted by Crippen LogP contribution is -2.35. The summed E-state index contributed by atoms with van der Waals surface area (Å²) in [5.41, 5.74) is 1.89. The first-order chi connectivity index (χ1) is 24.2. The standard InChI is InChI=1S/C34H23Cl6N5O4S2/c1-2-44-25(18-23(46)19-8-4-3-5-9-19)51-26(28(44)47)29-45(22-10-6-7-11-24(22)50-29)16-17-49-30(48)21-14-12-20(13-15-21)27-41-31(33(35,36)37)43-32(42-27)34(38,39)40/h3-15,18H,2,16-17H2,1H3/b25-18+,29-26+. The number of anilines is 1. The van der Waals surface area contributed by atoms with E-state index in [0.29, 0.717) is 31.9 Å². The summed E-state index contributed by atoms with van der Waals surface area (Å²) in [6.45, 7) is 2.52. The molecule has 0 unspecified atom stereocenters. The molecule has 17 heteroatoms. The number of para-hydroxylation sites is 1. The lowest BCUT2D eigenvalue weighted by Gasteiger charge is -2.19.